The second kappa shape index (κ2) is 6.92. The molecule has 2 heterocycles. The van der Waals surface area contributed by atoms with E-state index in [0.29, 0.717) is 6.54 Å². The van der Waals surface area contributed by atoms with Crippen LogP contribution in [0.15, 0.2) is 36.7 Å². The van der Waals surface area contributed by atoms with Gasteiger partial charge in [0.25, 0.3) is 0 Å². The van der Waals surface area contributed by atoms with Crippen molar-refractivity contribution in [3.8, 4) is 11.3 Å². The Kier molecular flexibility index (Phi) is 4.71. The van der Waals surface area contributed by atoms with Crippen molar-refractivity contribution in [3.63, 3.8) is 0 Å². The van der Waals surface area contributed by atoms with Crippen LogP contribution in [0.3, 0.4) is 0 Å². The van der Waals surface area contributed by atoms with Crippen LogP contribution in [0.5, 0.6) is 0 Å². The van der Waals surface area contributed by atoms with E-state index in [0.717, 1.165) is 27.3 Å². The predicted octanol–water partition coefficient (Wildman–Crippen LogP) is 2.57. The Hall–Kier alpha value is -2.54. The van der Waals surface area contributed by atoms with Crippen molar-refractivity contribution >= 4 is 33.5 Å². The van der Waals surface area contributed by atoms with E-state index < -0.39 is 0 Å². The van der Waals surface area contributed by atoms with Gasteiger partial charge in [-0.2, -0.15) is 4.37 Å². The van der Waals surface area contributed by atoms with Crippen molar-refractivity contribution in [3.05, 3.63) is 36.7 Å². The molecule has 7 heteroatoms. The molecule has 0 spiro atoms. The number of anilines is 1. The molecule has 1 atom stereocenters. The van der Waals surface area contributed by atoms with Gasteiger partial charge in [-0.05, 0) is 11.5 Å². The van der Waals surface area contributed by atoms with Crippen LogP contribution in [0.1, 0.15) is 6.92 Å². The first kappa shape index (κ1) is 16.3. The van der Waals surface area contributed by atoms with Crippen molar-refractivity contribution in [2.24, 2.45) is 5.92 Å². The second-order valence-corrected chi connectivity index (χ2v) is 6.44. The Balaban J connectivity index is 1.96. The van der Waals surface area contributed by atoms with Crippen LogP contribution >= 0.6 is 11.5 Å². The summed E-state index contributed by atoms with van der Waals surface area (Å²) in [6, 6.07) is 9.99. The molecular formula is C17H19N5OS. The van der Waals surface area contributed by atoms with Gasteiger partial charge in [0.15, 0.2) is 5.82 Å². The number of aromatic nitrogens is 3. The first-order valence-corrected chi connectivity index (χ1v) is 8.47. The quantitative estimate of drug-likeness (QED) is 0.772. The number of rotatable bonds is 5. The Labute approximate surface area is 144 Å². The van der Waals surface area contributed by atoms with Crippen LogP contribution in [-0.4, -0.2) is 40.9 Å². The normalized spacial score (nSPS) is 12.1. The molecule has 6 nitrogen and oxygen atoms in total. The molecule has 124 valence electrons. The molecule has 1 unspecified atom stereocenters. The van der Waals surface area contributed by atoms with E-state index in [1.165, 1.54) is 11.5 Å². The smallest absolute Gasteiger partial charge is 0.224 e. The van der Waals surface area contributed by atoms with E-state index >= 15 is 0 Å². The highest BCUT2D eigenvalue weighted by Gasteiger charge is 2.19. The average Bonchev–Trinajstić information content (AvgIpc) is 3.05. The number of nitrogens with one attached hydrogen (secondary N) is 1. The lowest BCUT2D eigenvalue weighted by Gasteiger charge is -2.21. The number of carbonyl (C=O) groups is 1. The fourth-order valence-corrected chi connectivity index (χ4v) is 3.54. The fourth-order valence-electron chi connectivity index (χ4n) is 2.64. The predicted molar refractivity (Wildman–Crippen MR) is 97.1 cm³/mol. The third kappa shape index (κ3) is 3.07. The summed E-state index contributed by atoms with van der Waals surface area (Å²) in [5.74, 6) is 0.684. The molecular weight excluding hydrogens is 322 g/mol. The lowest BCUT2D eigenvalue weighted by molar-refractivity contribution is -0.123. The molecule has 0 radical (unpaired) electrons. The Morgan fingerprint density at radius 2 is 2.04 bits per heavy atom. The molecule has 2 aromatic heterocycles. The zero-order chi connectivity index (χ0) is 17.1. The molecule has 0 aliphatic carbocycles. The third-order valence-electron chi connectivity index (χ3n) is 3.89. The third-order valence-corrected chi connectivity index (χ3v) is 4.72. The lowest BCUT2D eigenvalue weighted by atomic mass is 10.1. The molecule has 3 aromatic rings. The maximum absolute atomic E-state index is 11.8. The van der Waals surface area contributed by atoms with Gasteiger partial charge in [-0.3, -0.25) is 4.79 Å². The molecule has 1 N–H and O–H groups in total. The number of nitrogens with zero attached hydrogens (tertiary/aromatic N) is 4. The minimum absolute atomic E-state index is 0.0152. The Morgan fingerprint density at radius 1 is 1.29 bits per heavy atom. The number of fused-ring (bicyclic) bond motifs is 1. The zero-order valence-electron chi connectivity index (χ0n) is 13.9. The maximum atomic E-state index is 11.8. The summed E-state index contributed by atoms with van der Waals surface area (Å²) in [7, 11) is 3.58. The van der Waals surface area contributed by atoms with E-state index in [1.807, 2.05) is 49.2 Å². The summed E-state index contributed by atoms with van der Waals surface area (Å²) >= 11 is 1.39. The molecule has 1 aromatic carbocycles. The number of hydrogen-bond acceptors (Lipinski definition) is 6. The highest BCUT2D eigenvalue weighted by atomic mass is 32.1. The first-order valence-electron chi connectivity index (χ1n) is 7.70. The van der Waals surface area contributed by atoms with Crippen molar-refractivity contribution in [2.75, 3.05) is 25.5 Å². The van der Waals surface area contributed by atoms with E-state index in [-0.39, 0.29) is 11.8 Å². The maximum Gasteiger partial charge on any atom is 0.224 e. The van der Waals surface area contributed by atoms with Gasteiger partial charge in [0, 0.05) is 26.2 Å². The van der Waals surface area contributed by atoms with E-state index in [4.69, 9.17) is 0 Å². The highest BCUT2D eigenvalue weighted by molar-refractivity contribution is 7.14. The monoisotopic (exact) mass is 341 g/mol. The SMILES string of the molecule is CNC(=O)C(C)CN(C)c1ncnc2c(-c3ccccc3)nsc12. The highest BCUT2D eigenvalue weighted by Crippen LogP contribution is 2.33. The fraction of sp³-hybridized carbons (Fsp3) is 0.294. The molecule has 1 amide bonds. The minimum Gasteiger partial charge on any atom is -0.359 e. The van der Waals surface area contributed by atoms with Crippen molar-refractivity contribution in [1.82, 2.24) is 19.7 Å². The van der Waals surface area contributed by atoms with Crippen LogP contribution in [0, 0.1) is 5.92 Å². The molecule has 0 saturated heterocycles. The van der Waals surface area contributed by atoms with Crippen LogP contribution in [0.4, 0.5) is 5.82 Å². The van der Waals surface area contributed by atoms with Crippen LogP contribution in [-0.2, 0) is 4.79 Å². The molecule has 3 rings (SSSR count). The minimum atomic E-state index is -0.133. The lowest BCUT2D eigenvalue weighted by Crippen LogP contribution is -2.34. The second-order valence-electron chi connectivity index (χ2n) is 5.67. The van der Waals surface area contributed by atoms with Crippen molar-refractivity contribution < 1.29 is 4.79 Å². The van der Waals surface area contributed by atoms with Gasteiger partial charge in [-0.1, -0.05) is 37.3 Å². The summed E-state index contributed by atoms with van der Waals surface area (Å²) in [5.41, 5.74) is 2.75. The van der Waals surface area contributed by atoms with Crippen molar-refractivity contribution in [1.29, 1.82) is 0 Å². The molecule has 0 saturated carbocycles. The van der Waals surface area contributed by atoms with Crippen LogP contribution < -0.4 is 10.2 Å². The van der Waals surface area contributed by atoms with Crippen LogP contribution in [0.25, 0.3) is 21.5 Å². The number of carbonyl (C=O) groups excluding carboxylic acids is 1. The molecule has 0 fully saturated rings. The van der Waals surface area contributed by atoms with E-state index in [9.17, 15) is 4.79 Å². The Morgan fingerprint density at radius 3 is 2.75 bits per heavy atom. The molecule has 24 heavy (non-hydrogen) atoms. The first-order chi connectivity index (χ1) is 11.6. The van der Waals surface area contributed by atoms with E-state index in [2.05, 4.69) is 19.7 Å². The van der Waals surface area contributed by atoms with Gasteiger partial charge in [-0.15, -0.1) is 0 Å². The summed E-state index contributed by atoms with van der Waals surface area (Å²) < 4.78 is 5.51. The summed E-state index contributed by atoms with van der Waals surface area (Å²) in [6.45, 7) is 2.47. The summed E-state index contributed by atoms with van der Waals surface area (Å²) in [6.07, 6.45) is 1.56. The van der Waals surface area contributed by atoms with Crippen molar-refractivity contribution in [2.45, 2.75) is 6.92 Å². The Bertz CT molecular complexity index is 849. The molecule has 0 bridgehead atoms. The summed E-state index contributed by atoms with van der Waals surface area (Å²) in [5, 5.41) is 2.68. The van der Waals surface area contributed by atoms with Gasteiger partial charge in [0.1, 0.15) is 22.2 Å². The summed E-state index contributed by atoms with van der Waals surface area (Å²) in [4.78, 5) is 22.6. The van der Waals surface area contributed by atoms with Gasteiger partial charge in [0.05, 0.1) is 5.92 Å². The number of benzene rings is 1. The van der Waals surface area contributed by atoms with E-state index in [1.54, 1.807) is 13.4 Å². The van der Waals surface area contributed by atoms with Gasteiger partial charge >= 0.3 is 0 Å². The largest absolute Gasteiger partial charge is 0.359 e. The van der Waals surface area contributed by atoms with Gasteiger partial charge in [0.2, 0.25) is 5.91 Å². The topological polar surface area (TPSA) is 71.0 Å². The standard InChI is InChI=1S/C17H19N5OS/c1-11(17(23)18-2)9-22(3)16-15-14(19-10-20-16)13(21-24-15)12-7-5-4-6-8-12/h4-8,10-11H,9H2,1-3H3,(H,18,23). The molecule has 0 aliphatic rings. The van der Waals surface area contributed by atoms with Gasteiger partial charge < -0.3 is 10.2 Å². The van der Waals surface area contributed by atoms with Crippen LogP contribution in [0.2, 0.25) is 0 Å². The van der Waals surface area contributed by atoms with Gasteiger partial charge in [-0.25, -0.2) is 9.97 Å². The molecule has 0 aliphatic heterocycles. The number of hydrogen-bond donors (Lipinski definition) is 1. The average molecular weight is 341 g/mol. The zero-order valence-corrected chi connectivity index (χ0v) is 14.7. The number of amides is 1.